The second kappa shape index (κ2) is 7.25. The molecule has 4 heteroatoms. The Hall–Kier alpha value is -1.84. The molecule has 0 atom stereocenters. The van der Waals surface area contributed by atoms with E-state index in [1.807, 2.05) is 31.2 Å². The lowest BCUT2D eigenvalue weighted by molar-refractivity contribution is -0.141. The molecule has 1 aromatic carbocycles. The zero-order chi connectivity index (χ0) is 16.0. The molecule has 0 bridgehead atoms. The lowest BCUT2D eigenvalue weighted by atomic mass is 9.83. The van der Waals surface area contributed by atoms with Gasteiger partial charge >= 0.3 is 5.97 Å². The molecule has 0 spiro atoms. The maximum Gasteiger partial charge on any atom is 0.325 e. The molecule has 0 aromatic heterocycles. The second-order valence-electron chi connectivity index (χ2n) is 6.10. The number of carbonyl (C=O) groups is 2. The van der Waals surface area contributed by atoms with Crippen molar-refractivity contribution < 1.29 is 14.3 Å². The van der Waals surface area contributed by atoms with Crippen molar-refractivity contribution in [2.24, 2.45) is 0 Å². The van der Waals surface area contributed by atoms with Crippen molar-refractivity contribution in [2.45, 2.75) is 39.5 Å². The largest absolute Gasteiger partial charge is 0.468 e. The third-order valence-corrected chi connectivity index (χ3v) is 3.29. The van der Waals surface area contributed by atoms with Crippen LogP contribution in [0.1, 0.15) is 50.0 Å². The van der Waals surface area contributed by atoms with Gasteiger partial charge in [-0.3, -0.25) is 9.59 Å². The number of rotatable bonds is 5. The predicted molar refractivity (Wildman–Crippen MR) is 83.4 cm³/mol. The molecule has 0 aliphatic rings. The van der Waals surface area contributed by atoms with E-state index in [2.05, 4.69) is 25.5 Å². The summed E-state index contributed by atoms with van der Waals surface area (Å²) in [6, 6.07) is 7.57. The summed E-state index contributed by atoms with van der Waals surface area (Å²) in [5.41, 5.74) is 1.51. The zero-order valence-electron chi connectivity index (χ0n) is 13.6. The highest BCUT2D eigenvalue weighted by Gasteiger charge is 2.25. The molecule has 1 rings (SSSR count). The standard InChI is InChI=1S/C17H25NO3/c1-6-11-18(12-15(19)21-5)16(20)13-9-7-8-10-14(13)17(2,3)4/h7-10H,6,11-12H2,1-5H3. The molecule has 0 saturated carbocycles. The molecule has 0 saturated heterocycles. The molecule has 116 valence electrons. The number of nitrogens with zero attached hydrogens (tertiary/aromatic N) is 1. The van der Waals surface area contributed by atoms with Crippen LogP contribution in [0.3, 0.4) is 0 Å². The Kier molecular flexibility index (Phi) is 5.94. The Morgan fingerprint density at radius 1 is 1.19 bits per heavy atom. The predicted octanol–water partition coefficient (Wildman–Crippen LogP) is 3.01. The van der Waals surface area contributed by atoms with Crippen LogP contribution in [0.4, 0.5) is 0 Å². The molecule has 0 aliphatic carbocycles. The van der Waals surface area contributed by atoms with Crippen LogP contribution in [-0.2, 0) is 14.9 Å². The Balaban J connectivity index is 3.12. The molecule has 0 N–H and O–H groups in total. The number of benzene rings is 1. The van der Waals surface area contributed by atoms with Gasteiger partial charge in [-0.15, -0.1) is 0 Å². The summed E-state index contributed by atoms with van der Waals surface area (Å²) in [6.07, 6.45) is 0.792. The summed E-state index contributed by atoms with van der Waals surface area (Å²) in [7, 11) is 1.33. The molecular formula is C17H25NO3. The second-order valence-corrected chi connectivity index (χ2v) is 6.10. The average Bonchev–Trinajstić information content (AvgIpc) is 2.45. The van der Waals surface area contributed by atoms with E-state index < -0.39 is 5.97 Å². The third kappa shape index (κ3) is 4.59. The van der Waals surface area contributed by atoms with Gasteiger partial charge in [0.1, 0.15) is 6.54 Å². The Bertz CT molecular complexity index is 503. The summed E-state index contributed by atoms with van der Waals surface area (Å²) in [5.74, 6) is -0.516. The number of hydrogen-bond acceptors (Lipinski definition) is 3. The quantitative estimate of drug-likeness (QED) is 0.783. The van der Waals surface area contributed by atoms with Crippen LogP contribution >= 0.6 is 0 Å². The fraction of sp³-hybridized carbons (Fsp3) is 0.529. The fourth-order valence-corrected chi connectivity index (χ4v) is 2.24. The maximum absolute atomic E-state index is 12.8. The number of esters is 1. The van der Waals surface area contributed by atoms with Gasteiger partial charge in [-0.1, -0.05) is 45.9 Å². The van der Waals surface area contributed by atoms with Gasteiger partial charge in [0.25, 0.3) is 5.91 Å². The van der Waals surface area contributed by atoms with Crippen LogP contribution in [-0.4, -0.2) is 37.0 Å². The van der Waals surface area contributed by atoms with E-state index in [1.165, 1.54) is 7.11 Å². The molecule has 1 amide bonds. The van der Waals surface area contributed by atoms with Gasteiger partial charge in [-0.05, 0) is 23.5 Å². The molecule has 0 aliphatic heterocycles. The molecular weight excluding hydrogens is 266 g/mol. The Morgan fingerprint density at radius 2 is 1.81 bits per heavy atom. The van der Waals surface area contributed by atoms with E-state index in [1.54, 1.807) is 4.90 Å². The molecule has 21 heavy (non-hydrogen) atoms. The highest BCUT2D eigenvalue weighted by molar-refractivity contribution is 5.97. The van der Waals surface area contributed by atoms with Crippen LogP contribution < -0.4 is 0 Å². The molecule has 0 radical (unpaired) electrons. The first kappa shape index (κ1) is 17.2. The highest BCUT2D eigenvalue weighted by atomic mass is 16.5. The van der Waals surface area contributed by atoms with Crippen molar-refractivity contribution in [2.75, 3.05) is 20.2 Å². The van der Waals surface area contributed by atoms with E-state index in [9.17, 15) is 9.59 Å². The van der Waals surface area contributed by atoms with Crippen molar-refractivity contribution in [3.05, 3.63) is 35.4 Å². The van der Waals surface area contributed by atoms with Gasteiger partial charge in [0, 0.05) is 12.1 Å². The molecule has 0 unspecified atom stereocenters. The first-order chi connectivity index (χ1) is 9.81. The topological polar surface area (TPSA) is 46.6 Å². The SMILES string of the molecule is CCCN(CC(=O)OC)C(=O)c1ccccc1C(C)(C)C. The van der Waals surface area contributed by atoms with E-state index in [4.69, 9.17) is 0 Å². The number of amides is 1. The van der Waals surface area contributed by atoms with Crippen molar-refractivity contribution in [1.82, 2.24) is 4.90 Å². The number of ether oxygens (including phenoxy) is 1. The first-order valence-electron chi connectivity index (χ1n) is 7.26. The molecule has 4 nitrogen and oxygen atoms in total. The van der Waals surface area contributed by atoms with Gasteiger partial charge in [-0.25, -0.2) is 0 Å². The number of carbonyl (C=O) groups excluding carboxylic acids is 2. The normalized spacial score (nSPS) is 11.1. The molecule has 0 heterocycles. The van der Waals surface area contributed by atoms with Crippen LogP contribution in [0.5, 0.6) is 0 Å². The van der Waals surface area contributed by atoms with Crippen LogP contribution in [0, 0.1) is 0 Å². The summed E-state index contributed by atoms with van der Waals surface area (Å²) in [4.78, 5) is 25.8. The lowest BCUT2D eigenvalue weighted by Crippen LogP contribution is -2.38. The van der Waals surface area contributed by atoms with Gasteiger partial charge in [0.05, 0.1) is 7.11 Å². The summed E-state index contributed by atoms with van der Waals surface area (Å²) < 4.78 is 4.68. The number of hydrogen-bond donors (Lipinski definition) is 0. The lowest BCUT2D eigenvalue weighted by Gasteiger charge is -2.26. The van der Waals surface area contributed by atoms with Crippen LogP contribution in [0.15, 0.2) is 24.3 Å². The maximum atomic E-state index is 12.8. The smallest absolute Gasteiger partial charge is 0.325 e. The highest BCUT2D eigenvalue weighted by Crippen LogP contribution is 2.26. The van der Waals surface area contributed by atoms with Crippen molar-refractivity contribution in [3.63, 3.8) is 0 Å². The summed E-state index contributed by atoms with van der Waals surface area (Å²) in [6.45, 7) is 8.72. The summed E-state index contributed by atoms with van der Waals surface area (Å²) in [5, 5.41) is 0. The van der Waals surface area contributed by atoms with Gasteiger partial charge in [-0.2, -0.15) is 0 Å². The number of methoxy groups -OCH3 is 1. The minimum atomic E-state index is -0.398. The van der Waals surface area contributed by atoms with E-state index in [0.717, 1.165) is 12.0 Å². The van der Waals surface area contributed by atoms with Crippen LogP contribution in [0.25, 0.3) is 0 Å². The zero-order valence-corrected chi connectivity index (χ0v) is 13.6. The van der Waals surface area contributed by atoms with Gasteiger partial charge in [0.2, 0.25) is 0 Å². The van der Waals surface area contributed by atoms with E-state index in [-0.39, 0.29) is 17.9 Å². The van der Waals surface area contributed by atoms with E-state index >= 15 is 0 Å². The minimum Gasteiger partial charge on any atom is -0.468 e. The Labute approximate surface area is 127 Å². The fourth-order valence-electron chi connectivity index (χ4n) is 2.24. The van der Waals surface area contributed by atoms with Gasteiger partial charge < -0.3 is 9.64 Å². The third-order valence-electron chi connectivity index (χ3n) is 3.29. The monoisotopic (exact) mass is 291 g/mol. The minimum absolute atomic E-state index is 0.0123. The van der Waals surface area contributed by atoms with Crippen molar-refractivity contribution in [3.8, 4) is 0 Å². The van der Waals surface area contributed by atoms with Gasteiger partial charge in [0.15, 0.2) is 0 Å². The Morgan fingerprint density at radius 3 is 2.33 bits per heavy atom. The van der Waals surface area contributed by atoms with Crippen LogP contribution in [0.2, 0.25) is 0 Å². The summed E-state index contributed by atoms with van der Waals surface area (Å²) >= 11 is 0. The van der Waals surface area contributed by atoms with E-state index in [0.29, 0.717) is 12.1 Å². The van der Waals surface area contributed by atoms with Crippen molar-refractivity contribution >= 4 is 11.9 Å². The molecule has 1 aromatic rings. The first-order valence-corrected chi connectivity index (χ1v) is 7.26. The van der Waals surface area contributed by atoms with Crippen molar-refractivity contribution in [1.29, 1.82) is 0 Å². The average molecular weight is 291 g/mol. The molecule has 0 fully saturated rings.